The first-order chi connectivity index (χ1) is 6.93. The number of aliphatic hydroxyl groups excluding tert-OH is 1. The number of aliphatic carboxylic acids is 1. The number of nitrogens with two attached hydrogens (primary N) is 1. The number of hydrogen-bond donors (Lipinski definition) is 3. The maximum absolute atomic E-state index is 10.5. The lowest BCUT2D eigenvalue weighted by Crippen LogP contribution is -2.42. The Morgan fingerprint density at radius 2 is 2.07 bits per heavy atom. The maximum atomic E-state index is 10.5. The molecule has 0 heterocycles. The Morgan fingerprint density at radius 3 is 2.47 bits per heavy atom. The average Bonchev–Trinajstić information content (AvgIpc) is 2.13. The maximum Gasteiger partial charge on any atom is 0.331 e. The Kier molecular flexibility index (Phi) is 3.52. The highest BCUT2D eigenvalue weighted by molar-refractivity contribution is 5.86. The molecule has 1 rings (SSSR count). The SMILES string of the molecule is C/C(=C\C=C(\N)C1C(C)CC1O)C(=O)O. The molecule has 0 aromatic carbocycles. The van der Waals surface area contributed by atoms with Crippen LogP contribution in [0.5, 0.6) is 0 Å². The molecule has 4 heteroatoms. The summed E-state index contributed by atoms with van der Waals surface area (Å²) in [6, 6.07) is 0. The fourth-order valence-electron chi connectivity index (χ4n) is 1.81. The van der Waals surface area contributed by atoms with Gasteiger partial charge in [-0.05, 0) is 25.3 Å². The predicted octanol–water partition coefficient (Wildman–Crippen LogP) is 0.877. The molecule has 0 saturated heterocycles. The molecule has 1 saturated carbocycles. The van der Waals surface area contributed by atoms with E-state index in [1.54, 1.807) is 6.08 Å². The summed E-state index contributed by atoms with van der Waals surface area (Å²) < 4.78 is 0. The van der Waals surface area contributed by atoms with Crippen LogP contribution in [0.2, 0.25) is 0 Å². The molecule has 0 amide bonds. The van der Waals surface area contributed by atoms with Crippen molar-refractivity contribution in [2.75, 3.05) is 0 Å². The second-order valence-corrected chi connectivity index (χ2v) is 4.13. The fourth-order valence-corrected chi connectivity index (χ4v) is 1.81. The van der Waals surface area contributed by atoms with Gasteiger partial charge in [-0.15, -0.1) is 0 Å². The van der Waals surface area contributed by atoms with Gasteiger partial charge >= 0.3 is 5.97 Å². The van der Waals surface area contributed by atoms with E-state index in [1.165, 1.54) is 13.0 Å². The Hall–Kier alpha value is -1.29. The highest BCUT2D eigenvalue weighted by atomic mass is 16.4. The van der Waals surface area contributed by atoms with Gasteiger partial charge in [-0.25, -0.2) is 4.79 Å². The molecular formula is C11H17NO3. The van der Waals surface area contributed by atoms with Gasteiger partial charge in [-0.2, -0.15) is 0 Å². The second-order valence-electron chi connectivity index (χ2n) is 4.13. The van der Waals surface area contributed by atoms with Gasteiger partial charge in [0.05, 0.1) is 6.10 Å². The summed E-state index contributed by atoms with van der Waals surface area (Å²) in [5.74, 6) is -0.612. The highest BCUT2D eigenvalue weighted by Gasteiger charge is 2.37. The Balaban J connectivity index is 2.68. The van der Waals surface area contributed by atoms with Gasteiger partial charge in [-0.1, -0.05) is 13.0 Å². The first-order valence-corrected chi connectivity index (χ1v) is 4.98. The number of rotatable bonds is 3. The fraction of sp³-hybridized carbons (Fsp3) is 0.545. The number of hydrogen-bond acceptors (Lipinski definition) is 3. The minimum absolute atomic E-state index is 0.0251. The normalized spacial score (nSPS) is 32.3. The minimum Gasteiger partial charge on any atom is -0.478 e. The van der Waals surface area contributed by atoms with Gasteiger partial charge in [0.25, 0.3) is 0 Å². The number of carboxylic acids is 1. The summed E-state index contributed by atoms with van der Waals surface area (Å²) >= 11 is 0. The van der Waals surface area contributed by atoms with Crippen molar-refractivity contribution in [1.29, 1.82) is 0 Å². The summed E-state index contributed by atoms with van der Waals surface area (Å²) in [6.45, 7) is 3.53. The van der Waals surface area contributed by atoms with Crippen molar-refractivity contribution in [1.82, 2.24) is 0 Å². The smallest absolute Gasteiger partial charge is 0.331 e. The van der Waals surface area contributed by atoms with Crippen LogP contribution in [0, 0.1) is 11.8 Å². The van der Waals surface area contributed by atoms with Crippen molar-refractivity contribution in [3.8, 4) is 0 Å². The lowest BCUT2D eigenvalue weighted by Gasteiger charge is -2.39. The first kappa shape index (κ1) is 11.8. The van der Waals surface area contributed by atoms with E-state index < -0.39 is 5.97 Å². The summed E-state index contributed by atoms with van der Waals surface area (Å²) in [6.07, 6.45) is 3.43. The van der Waals surface area contributed by atoms with Crippen LogP contribution in [0.25, 0.3) is 0 Å². The third kappa shape index (κ3) is 2.59. The largest absolute Gasteiger partial charge is 0.478 e. The van der Waals surface area contributed by atoms with Crippen molar-refractivity contribution < 1.29 is 15.0 Å². The van der Waals surface area contributed by atoms with Crippen LogP contribution >= 0.6 is 0 Å². The summed E-state index contributed by atoms with van der Waals surface area (Å²) in [5, 5.41) is 18.1. The molecule has 0 spiro atoms. The van der Waals surface area contributed by atoms with Crippen LogP contribution in [0.1, 0.15) is 20.3 Å². The van der Waals surface area contributed by atoms with Crippen LogP contribution < -0.4 is 5.73 Å². The van der Waals surface area contributed by atoms with E-state index in [9.17, 15) is 9.90 Å². The second kappa shape index (κ2) is 4.49. The van der Waals surface area contributed by atoms with Gasteiger partial charge < -0.3 is 15.9 Å². The molecule has 84 valence electrons. The van der Waals surface area contributed by atoms with Gasteiger partial charge in [0.2, 0.25) is 0 Å². The van der Waals surface area contributed by atoms with E-state index in [0.717, 1.165) is 6.42 Å². The van der Waals surface area contributed by atoms with Gasteiger partial charge in [0, 0.05) is 17.2 Å². The molecule has 0 bridgehead atoms. The Morgan fingerprint density at radius 1 is 1.47 bits per heavy atom. The molecule has 4 N–H and O–H groups in total. The minimum atomic E-state index is -0.957. The van der Waals surface area contributed by atoms with Gasteiger partial charge in [-0.3, -0.25) is 0 Å². The van der Waals surface area contributed by atoms with Crippen LogP contribution in [-0.2, 0) is 4.79 Å². The standard InChI is InChI=1S/C11H17NO3/c1-6(11(14)15)3-4-8(12)10-7(2)5-9(10)13/h3-4,7,9-10,13H,5,12H2,1-2H3,(H,14,15)/b6-3+,8-4+. The topological polar surface area (TPSA) is 83.5 Å². The molecule has 4 nitrogen and oxygen atoms in total. The van der Waals surface area contributed by atoms with Crippen molar-refractivity contribution in [2.45, 2.75) is 26.4 Å². The van der Waals surface area contributed by atoms with Crippen molar-refractivity contribution in [3.05, 3.63) is 23.4 Å². The van der Waals surface area contributed by atoms with Crippen LogP contribution in [0.3, 0.4) is 0 Å². The van der Waals surface area contributed by atoms with Crippen LogP contribution in [-0.4, -0.2) is 22.3 Å². The van der Waals surface area contributed by atoms with E-state index in [2.05, 4.69) is 0 Å². The third-order valence-electron chi connectivity index (χ3n) is 2.89. The molecular weight excluding hydrogens is 194 g/mol. The molecule has 3 unspecified atom stereocenters. The lowest BCUT2D eigenvalue weighted by atomic mass is 9.70. The molecule has 15 heavy (non-hydrogen) atoms. The first-order valence-electron chi connectivity index (χ1n) is 4.98. The zero-order valence-corrected chi connectivity index (χ0v) is 8.97. The number of allylic oxidation sites excluding steroid dienone is 2. The van der Waals surface area contributed by atoms with Crippen molar-refractivity contribution in [2.24, 2.45) is 17.6 Å². The van der Waals surface area contributed by atoms with Crippen LogP contribution in [0.15, 0.2) is 23.4 Å². The summed E-state index contributed by atoms with van der Waals surface area (Å²) in [5.41, 5.74) is 6.56. The van der Waals surface area contributed by atoms with Crippen molar-refractivity contribution in [3.63, 3.8) is 0 Å². The Labute approximate surface area is 89.1 Å². The van der Waals surface area contributed by atoms with Crippen LogP contribution in [0.4, 0.5) is 0 Å². The molecule has 1 fully saturated rings. The molecule has 1 aliphatic rings. The quantitative estimate of drug-likeness (QED) is 0.478. The Bertz CT molecular complexity index is 312. The van der Waals surface area contributed by atoms with E-state index in [1.807, 2.05) is 6.92 Å². The molecule has 0 aliphatic heterocycles. The van der Waals surface area contributed by atoms with E-state index >= 15 is 0 Å². The van der Waals surface area contributed by atoms with E-state index in [4.69, 9.17) is 10.8 Å². The summed E-state index contributed by atoms with van der Waals surface area (Å²) in [7, 11) is 0. The number of carboxylic acid groups (broad SMARTS) is 1. The number of carbonyl (C=O) groups is 1. The molecule has 1 aliphatic carbocycles. The summed E-state index contributed by atoms with van der Waals surface area (Å²) in [4.78, 5) is 10.5. The average molecular weight is 211 g/mol. The van der Waals surface area contributed by atoms with E-state index in [-0.39, 0.29) is 17.6 Å². The van der Waals surface area contributed by atoms with Crippen molar-refractivity contribution >= 4 is 5.97 Å². The zero-order valence-electron chi connectivity index (χ0n) is 8.97. The lowest BCUT2D eigenvalue weighted by molar-refractivity contribution is -0.132. The number of aliphatic hydroxyl groups is 1. The molecule has 0 radical (unpaired) electrons. The monoisotopic (exact) mass is 211 g/mol. The molecule has 0 aromatic rings. The van der Waals surface area contributed by atoms with Gasteiger partial charge in [0.1, 0.15) is 0 Å². The third-order valence-corrected chi connectivity index (χ3v) is 2.89. The van der Waals surface area contributed by atoms with Gasteiger partial charge in [0.15, 0.2) is 0 Å². The molecule has 3 atom stereocenters. The predicted molar refractivity (Wildman–Crippen MR) is 56.9 cm³/mol. The highest BCUT2D eigenvalue weighted by Crippen LogP contribution is 2.37. The zero-order chi connectivity index (χ0) is 11.6. The van der Waals surface area contributed by atoms with E-state index in [0.29, 0.717) is 11.6 Å². The molecule has 0 aromatic heterocycles.